The first-order valence-electron chi connectivity index (χ1n) is 10.7. The molecule has 1 aromatic rings. The predicted molar refractivity (Wildman–Crippen MR) is 109 cm³/mol. The van der Waals surface area contributed by atoms with Crippen LogP contribution in [0.25, 0.3) is 0 Å². The van der Waals surface area contributed by atoms with Crippen LogP contribution in [0.3, 0.4) is 0 Å². The van der Waals surface area contributed by atoms with Gasteiger partial charge < -0.3 is 5.73 Å². The molecule has 0 bridgehead atoms. The molecule has 3 rings (SSSR count). The molecule has 0 spiro atoms. The zero-order valence-corrected chi connectivity index (χ0v) is 16.1. The molecule has 2 aliphatic rings. The van der Waals surface area contributed by atoms with Crippen molar-refractivity contribution in [3.8, 4) is 0 Å². The molecule has 2 saturated carbocycles. The second-order valence-corrected chi connectivity index (χ2v) is 8.64. The first-order chi connectivity index (χ1) is 12.2. The Morgan fingerprint density at radius 3 is 2.04 bits per heavy atom. The molecule has 1 aromatic carbocycles. The van der Waals surface area contributed by atoms with Gasteiger partial charge in [-0.3, -0.25) is 0 Å². The van der Waals surface area contributed by atoms with E-state index in [0.717, 1.165) is 24.2 Å². The maximum absolute atomic E-state index is 6.08. The molecule has 25 heavy (non-hydrogen) atoms. The summed E-state index contributed by atoms with van der Waals surface area (Å²) in [7, 11) is 0. The number of benzene rings is 1. The molecule has 1 atom stereocenters. The Labute approximate surface area is 155 Å². The standard InChI is InChI=1S/C24H37N/c1-3-18(4-2)17-19-5-7-20(8-6-19)21-9-11-22(12-10-21)23-13-15-24(25)16-14-23/h3,5-8,18,21-24H,1,4,9-17,25H2,2H3. The van der Waals surface area contributed by atoms with E-state index in [-0.39, 0.29) is 0 Å². The molecule has 2 aliphatic carbocycles. The van der Waals surface area contributed by atoms with Gasteiger partial charge in [0, 0.05) is 6.04 Å². The van der Waals surface area contributed by atoms with E-state index < -0.39 is 0 Å². The summed E-state index contributed by atoms with van der Waals surface area (Å²) in [5.41, 5.74) is 9.11. The summed E-state index contributed by atoms with van der Waals surface area (Å²) in [5, 5.41) is 0. The van der Waals surface area contributed by atoms with Gasteiger partial charge in [-0.1, -0.05) is 37.3 Å². The number of hydrogen-bond acceptors (Lipinski definition) is 1. The van der Waals surface area contributed by atoms with Crippen LogP contribution in [0.1, 0.15) is 81.8 Å². The van der Waals surface area contributed by atoms with Crippen LogP contribution in [-0.4, -0.2) is 6.04 Å². The summed E-state index contributed by atoms with van der Waals surface area (Å²) in [5.74, 6) is 3.34. The van der Waals surface area contributed by atoms with E-state index in [9.17, 15) is 0 Å². The SMILES string of the molecule is C=CC(CC)Cc1ccc(C2CCC(C3CCC(N)CC3)CC2)cc1. The molecular formula is C24H37N. The molecule has 0 heterocycles. The lowest BCUT2D eigenvalue weighted by Gasteiger charge is -2.37. The van der Waals surface area contributed by atoms with Gasteiger partial charge in [0.2, 0.25) is 0 Å². The second-order valence-electron chi connectivity index (χ2n) is 8.64. The third kappa shape index (κ3) is 4.97. The number of allylic oxidation sites excluding steroid dienone is 1. The van der Waals surface area contributed by atoms with E-state index in [0.29, 0.717) is 12.0 Å². The van der Waals surface area contributed by atoms with Gasteiger partial charge in [0.1, 0.15) is 0 Å². The molecule has 1 nitrogen and oxygen atoms in total. The van der Waals surface area contributed by atoms with Crippen molar-refractivity contribution in [2.75, 3.05) is 0 Å². The van der Waals surface area contributed by atoms with E-state index >= 15 is 0 Å². The summed E-state index contributed by atoms with van der Waals surface area (Å²) >= 11 is 0. The van der Waals surface area contributed by atoms with E-state index in [4.69, 9.17) is 5.73 Å². The first-order valence-corrected chi connectivity index (χ1v) is 10.7. The highest BCUT2D eigenvalue weighted by atomic mass is 14.6. The molecule has 1 heteroatoms. The Balaban J connectivity index is 1.50. The highest BCUT2D eigenvalue weighted by Crippen LogP contribution is 2.42. The van der Waals surface area contributed by atoms with E-state index in [2.05, 4.69) is 43.8 Å². The smallest absolute Gasteiger partial charge is 0.00390 e. The van der Waals surface area contributed by atoms with Gasteiger partial charge in [0.15, 0.2) is 0 Å². The second kappa shape index (κ2) is 9.03. The highest BCUT2D eigenvalue weighted by Gasteiger charge is 2.30. The summed E-state index contributed by atoms with van der Waals surface area (Å²) in [6.45, 7) is 6.21. The quantitative estimate of drug-likeness (QED) is 0.611. The normalized spacial score (nSPS) is 31.4. The van der Waals surface area contributed by atoms with Crippen molar-refractivity contribution in [1.29, 1.82) is 0 Å². The number of rotatable bonds is 6. The minimum atomic E-state index is 0.486. The lowest BCUT2D eigenvalue weighted by Crippen LogP contribution is -2.31. The van der Waals surface area contributed by atoms with Crippen LogP contribution in [0.5, 0.6) is 0 Å². The molecule has 2 fully saturated rings. The number of nitrogens with two attached hydrogens (primary N) is 1. The maximum Gasteiger partial charge on any atom is 0.00390 e. The van der Waals surface area contributed by atoms with Gasteiger partial charge in [-0.05, 0) is 99.0 Å². The lowest BCUT2D eigenvalue weighted by atomic mass is 9.69. The third-order valence-corrected chi connectivity index (χ3v) is 7.06. The lowest BCUT2D eigenvalue weighted by molar-refractivity contribution is 0.177. The molecule has 0 saturated heterocycles. The van der Waals surface area contributed by atoms with Gasteiger partial charge >= 0.3 is 0 Å². The Morgan fingerprint density at radius 2 is 1.52 bits per heavy atom. The van der Waals surface area contributed by atoms with Crippen molar-refractivity contribution in [2.24, 2.45) is 23.5 Å². The topological polar surface area (TPSA) is 26.0 Å². The van der Waals surface area contributed by atoms with E-state index in [1.807, 2.05) is 0 Å². The fourth-order valence-electron chi connectivity index (χ4n) is 5.16. The third-order valence-electron chi connectivity index (χ3n) is 7.06. The molecule has 0 amide bonds. The van der Waals surface area contributed by atoms with Gasteiger partial charge in [0.05, 0.1) is 0 Å². The molecule has 138 valence electrons. The van der Waals surface area contributed by atoms with Crippen LogP contribution in [0.2, 0.25) is 0 Å². The van der Waals surface area contributed by atoms with Crippen LogP contribution in [-0.2, 0) is 6.42 Å². The fourth-order valence-corrected chi connectivity index (χ4v) is 5.16. The van der Waals surface area contributed by atoms with Crippen molar-refractivity contribution < 1.29 is 0 Å². The van der Waals surface area contributed by atoms with Crippen molar-refractivity contribution >= 4 is 0 Å². The number of hydrogen-bond donors (Lipinski definition) is 1. The van der Waals surface area contributed by atoms with Crippen LogP contribution in [0.15, 0.2) is 36.9 Å². The molecule has 0 aliphatic heterocycles. The van der Waals surface area contributed by atoms with Crippen LogP contribution in [0, 0.1) is 17.8 Å². The van der Waals surface area contributed by atoms with Gasteiger partial charge in [-0.15, -0.1) is 6.58 Å². The van der Waals surface area contributed by atoms with Crippen molar-refractivity contribution in [1.82, 2.24) is 0 Å². The van der Waals surface area contributed by atoms with Gasteiger partial charge in [0.25, 0.3) is 0 Å². The molecule has 0 radical (unpaired) electrons. The molecule has 1 unspecified atom stereocenters. The molecule has 2 N–H and O–H groups in total. The Hall–Kier alpha value is -1.08. The monoisotopic (exact) mass is 339 g/mol. The average Bonchev–Trinajstić information content (AvgIpc) is 2.67. The molecular weight excluding hydrogens is 302 g/mol. The predicted octanol–water partition coefficient (Wildman–Crippen LogP) is 6.23. The summed E-state index contributed by atoms with van der Waals surface area (Å²) in [6.07, 6.45) is 15.3. The largest absolute Gasteiger partial charge is 0.328 e. The Kier molecular flexibility index (Phi) is 6.76. The Bertz CT molecular complexity index is 516. The zero-order valence-electron chi connectivity index (χ0n) is 16.1. The zero-order chi connectivity index (χ0) is 17.6. The maximum atomic E-state index is 6.08. The summed E-state index contributed by atoms with van der Waals surface area (Å²) in [6, 6.07) is 10.00. The molecule has 0 aromatic heterocycles. The Morgan fingerprint density at radius 1 is 0.960 bits per heavy atom. The highest BCUT2D eigenvalue weighted by molar-refractivity contribution is 5.26. The van der Waals surface area contributed by atoms with Gasteiger partial charge in [-0.2, -0.15) is 0 Å². The van der Waals surface area contributed by atoms with Crippen molar-refractivity contribution in [2.45, 2.75) is 83.1 Å². The minimum Gasteiger partial charge on any atom is -0.328 e. The first kappa shape index (κ1) is 18.7. The van der Waals surface area contributed by atoms with E-state index in [1.165, 1.54) is 63.4 Å². The average molecular weight is 340 g/mol. The van der Waals surface area contributed by atoms with Crippen LogP contribution in [0.4, 0.5) is 0 Å². The van der Waals surface area contributed by atoms with Gasteiger partial charge in [-0.25, -0.2) is 0 Å². The summed E-state index contributed by atoms with van der Waals surface area (Å²) < 4.78 is 0. The summed E-state index contributed by atoms with van der Waals surface area (Å²) in [4.78, 5) is 0. The van der Waals surface area contributed by atoms with Crippen LogP contribution >= 0.6 is 0 Å². The fraction of sp³-hybridized carbons (Fsp3) is 0.667. The van der Waals surface area contributed by atoms with Crippen molar-refractivity contribution in [3.63, 3.8) is 0 Å². The van der Waals surface area contributed by atoms with Crippen LogP contribution < -0.4 is 5.73 Å². The van der Waals surface area contributed by atoms with E-state index in [1.54, 1.807) is 5.56 Å². The van der Waals surface area contributed by atoms with Crippen molar-refractivity contribution in [3.05, 3.63) is 48.0 Å². The minimum absolute atomic E-state index is 0.486.